The van der Waals surface area contributed by atoms with E-state index in [1.165, 1.54) is 0 Å². The van der Waals surface area contributed by atoms with Crippen LogP contribution in [-0.2, 0) is 19.7 Å². The molecule has 0 saturated heterocycles. The monoisotopic (exact) mass is 592 g/mol. The molecule has 4 aromatic rings. The third kappa shape index (κ3) is 6.04. The summed E-state index contributed by atoms with van der Waals surface area (Å²) >= 11 is 9.02. The first-order valence-electron chi connectivity index (χ1n) is 13.0. The van der Waals surface area contributed by atoms with Crippen molar-refractivity contribution < 1.29 is 19.1 Å². The number of aromatic nitrogens is 1. The summed E-state index contributed by atoms with van der Waals surface area (Å²) in [5.41, 5.74) is 6.15. The molecular weight excluding hydrogens is 564 g/mol. The molecule has 1 fully saturated rings. The first-order valence-corrected chi connectivity index (χ1v) is 15.1. The van der Waals surface area contributed by atoms with Crippen molar-refractivity contribution in [3.05, 3.63) is 93.3 Å². The number of aryl methyl sites for hydroxylation is 1. The maximum Gasteiger partial charge on any atom is 0.418 e. The Balaban J connectivity index is 1.27. The van der Waals surface area contributed by atoms with Gasteiger partial charge in [-0.1, -0.05) is 48.0 Å². The number of carbonyl (C=O) groups is 2. The van der Waals surface area contributed by atoms with E-state index >= 15 is 0 Å². The summed E-state index contributed by atoms with van der Waals surface area (Å²) in [6.45, 7) is 6.07. The lowest BCUT2D eigenvalue weighted by Crippen LogP contribution is -2.23. The standard InChI is InChI=1S/C31H29ClN2O4S2/c1-4-37-29(35)31(13-14-31)23-8-5-21(6-9-23)27-12-7-22(16-33-27)25-11-10-24(32)15-28(25)40-34-30(36)38-20(3)26-18-39-17-19(26)2/h5-12,15-18,20H,4,13-14H2,1-3H3,(H,34,36). The Bertz CT molecular complexity index is 1520. The molecular formula is C31H29ClN2O4S2. The van der Waals surface area contributed by atoms with E-state index in [1.54, 1.807) is 23.6 Å². The number of amides is 1. The Labute approximate surface area is 247 Å². The molecule has 0 radical (unpaired) electrons. The molecule has 1 aliphatic rings. The van der Waals surface area contributed by atoms with E-state index < -0.39 is 11.5 Å². The average Bonchev–Trinajstić information content (AvgIpc) is 3.66. The van der Waals surface area contributed by atoms with Gasteiger partial charge in [-0.2, -0.15) is 11.3 Å². The molecule has 5 rings (SSSR count). The van der Waals surface area contributed by atoms with Crippen molar-refractivity contribution in [3.8, 4) is 22.4 Å². The van der Waals surface area contributed by atoms with Gasteiger partial charge in [-0.05, 0) is 91.2 Å². The normalized spacial score (nSPS) is 14.3. The van der Waals surface area contributed by atoms with Crippen LogP contribution in [0.2, 0.25) is 5.02 Å². The molecule has 6 nitrogen and oxygen atoms in total. The minimum absolute atomic E-state index is 0.142. The van der Waals surface area contributed by atoms with Crippen LogP contribution in [0.3, 0.4) is 0 Å². The topological polar surface area (TPSA) is 77.5 Å². The van der Waals surface area contributed by atoms with Gasteiger partial charge in [-0.15, -0.1) is 0 Å². The van der Waals surface area contributed by atoms with Crippen molar-refractivity contribution in [2.45, 2.75) is 50.0 Å². The van der Waals surface area contributed by atoms with Crippen molar-refractivity contribution in [3.63, 3.8) is 0 Å². The lowest BCUT2D eigenvalue weighted by Gasteiger charge is -2.15. The van der Waals surface area contributed by atoms with Crippen molar-refractivity contribution in [1.29, 1.82) is 0 Å². The molecule has 0 spiro atoms. The Hall–Kier alpha value is -3.33. The number of hydrogen-bond donors (Lipinski definition) is 1. The van der Waals surface area contributed by atoms with Crippen molar-refractivity contribution >= 4 is 46.9 Å². The zero-order chi connectivity index (χ0) is 28.3. The summed E-state index contributed by atoms with van der Waals surface area (Å²) in [6.07, 6.45) is 2.56. The van der Waals surface area contributed by atoms with E-state index in [2.05, 4.69) is 9.71 Å². The van der Waals surface area contributed by atoms with Gasteiger partial charge < -0.3 is 9.47 Å². The molecule has 2 aromatic heterocycles. The molecule has 1 aliphatic carbocycles. The van der Waals surface area contributed by atoms with Gasteiger partial charge in [-0.3, -0.25) is 14.5 Å². The van der Waals surface area contributed by atoms with Crippen LogP contribution >= 0.6 is 34.9 Å². The van der Waals surface area contributed by atoms with E-state index in [4.69, 9.17) is 21.1 Å². The summed E-state index contributed by atoms with van der Waals surface area (Å²) in [7, 11) is 0. The van der Waals surface area contributed by atoms with E-state index in [-0.39, 0.29) is 12.1 Å². The fourth-order valence-corrected chi connectivity index (χ4v) is 6.53. The number of halogens is 1. The Morgan fingerprint density at radius 3 is 2.48 bits per heavy atom. The van der Waals surface area contributed by atoms with Crippen LogP contribution < -0.4 is 4.72 Å². The average molecular weight is 593 g/mol. The predicted octanol–water partition coefficient (Wildman–Crippen LogP) is 8.53. The molecule has 0 bridgehead atoms. The van der Waals surface area contributed by atoms with Crippen LogP contribution in [-0.4, -0.2) is 23.7 Å². The largest absolute Gasteiger partial charge is 0.465 e. The molecule has 9 heteroatoms. The van der Waals surface area contributed by atoms with Crippen LogP contribution in [0.1, 0.15) is 49.5 Å². The van der Waals surface area contributed by atoms with Crippen LogP contribution in [0.15, 0.2) is 76.4 Å². The minimum atomic E-state index is -0.526. The molecule has 1 amide bonds. The maximum absolute atomic E-state index is 12.5. The zero-order valence-electron chi connectivity index (χ0n) is 22.4. The van der Waals surface area contributed by atoms with Gasteiger partial charge >= 0.3 is 12.1 Å². The molecule has 40 heavy (non-hydrogen) atoms. The van der Waals surface area contributed by atoms with Crippen molar-refractivity contribution in [1.82, 2.24) is 9.71 Å². The first-order chi connectivity index (χ1) is 19.3. The smallest absolute Gasteiger partial charge is 0.418 e. The van der Waals surface area contributed by atoms with Gasteiger partial charge in [0.05, 0.1) is 17.7 Å². The van der Waals surface area contributed by atoms with Gasteiger partial charge in [-0.25, -0.2) is 4.79 Å². The number of rotatable bonds is 9. The minimum Gasteiger partial charge on any atom is -0.465 e. The molecule has 1 atom stereocenters. The summed E-state index contributed by atoms with van der Waals surface area (Å²) in [4.78, 5) is 30.4. The molecule has 2 aromatic carbocycles. The van der Waals surface area contributed by atoms with Crippen molar-refractivity contribution in [2.24, 2.45) is 0 Å². The number of thiophene rings is 1. The molecule has 206 valence electrons. The quantitative estimate of drug-likeness (QED) is 0.155. The van der Waals surface area contributed by atoms with Crippen LogP contribution in [0.25, 0.3) is 22.4 Å². The third-order valence-electron chi connectivity index (χ3n) is 7.03. The Morgan fingerprint density at radius 2 is 1.85 bits per heavy atom. The number of nitrogens with zero attached hydrogens (tertiary/aromatic N) is 1. The fourth-order valence-electron chi connectivity index (χ4n) is 4.64. The van der Waals surface area contributed by atoms with E-state index in [0.717, 1.165) is 68.8 Å². The third-order valence-corrected chi connectivity index (χ3v) is 8.97. The number of carbonyl (C=O) groups excluding carboxylic acids is 2. The highest BCUT2D eigenvalue weighted by molar-refractivity contribution is 7.98. The second-order valence-corrected chi connectivity index (χ2v) is 11.7. The molecule has 0 aliphatic heterocycles. The van der Waals surface area contributed by atoms with Gasteiger partial charge in [0.1, 0.15) is 6.10 Å². The number of benzene rings is 2. The van der Waals surface area contributed by atoms with Crippen LogP contribution in [0.4, 0.5) is 4.79 Å². The molecule has 1 saturated carbocycles. The van der Waals surface area contributed by atoms with Gasteiger partial charge in [0.25, 0.3) is 0 Å². The summed E-state index contributed by atoms with van der Waals surface area (Å²) in [6, 6.07) is 17.4. The zero-order valence-corrected chi connectivity index (χ0v) is 24.8. The summed E-state index contributed by atoms with van der Waals surface area (Å²) < 4.78 is 13.6. The number of ether oxygens (including phenoxy) is 2. The summed E-state index contributed by atoms with van der Waals surface area (Å²) in [5.74, 6) is -0.142. The second kappa shape index (κ2) is 12.0. The highest BCUT2D eigenvalue weighted by Crippen LogP contribution is 2.49. The molecule has 1 unspecified atom stereocenters. The van der Waals surface area contributed by atoms with Crippen LogP contribution in [0.5, 0.6) is 0 Å². The highest BCUT2D eigenvalue weighted by atomic mass is 35.5. The number of hydrogen-bond acceptors (Lipinski definition) is 7. The number of nitrogens with one attached hydrogen (secondary N) is 1. The fraction of sp³-hybridized carbons (Fsp3) is 0.258. The summed E-state index contributed by atoms with van der Waals surface area (Å²) in [5, 5.41) is 4.59. The van der Waals surface area contributed by atoms with Gasteiger partial charge in [0.2, 0.25) is 0 Å². The first kappa shape index (κ1) is 28.2. The van der Waals surface area contributed by atoms with E-state index in [9.17, 15) is 9.59 Å². The second-order valence-electron chi connectivity index (χ2n) is 9.71. The SMILES string of the molecule is CCOC(=O)C1(c2ccc(-c3ccc(-c4ccc(Cl)cc4SNC(=O)OC(C)c4cscc4C)cn3)cc2)CC1. The van der Waals surface area contributed by atoms with Crippen molar-refractivity contribution in [2.75, 3.05) is 6.61 Å². The van der Waals surface area contributed by atoms with Gasteiger partial charge in [0, 0.05) is 32.8 Å². The highest BCUT2D eigenvalue weighted by Gasteiger charge is 2.52. The van der Waals surface area contributed by atoms with E-state index in [1.807, 2.05) is 80.1 Å². The van der Waals surface area contributed by atoms with Gasteiger partial charge in [0.15, 0.2) is 0 Å². The predicted molar refractivity (Wildman–Crippen MR) is 161 cm³/mol. The Kier molecular flexibility index (Phi) is 8.49. The molecule has 2 heterocycles. The number of pyridine rings is 1. The van der Waals surface area contributed by atoms with Crippen LogP contribution in [0, 0.1) is 6.92 Å². The van der Waals surface area contributed by atoms with E-state index in [0.29, 0.717) is 11.6 Å². The molecule has 1 N–H and O–H groups in total. The lowest BCUT2D eigenvalue weighted by atomic mass is 9.94. The number of esters is 1. The lowest BCUT2D eigenvalue weighted by molar-refractivity contribution is -0.146. The Morgan fingerprint density at radius 1 is 1.10 bits per heavy atom. The maximum atomic E-state index is 12.5.